The van der Waals surface area contributed by atoms with Crippen molar-refractivity contribution in [3.05, 3.63) is 80.9 Å². The van der Waals surface area contributed by atoms with Crippen molar-refractivity contribution < 1.29 is 26.5 Å². The third kappa shape index (κ3) is 4.99. The van der Waals surface area contributed by atoms with Crippen LogP contribution in [-0.4, -0.2) is 37.3 Å². The highest BCUT2D eigenvalue weighted by Gasteiger charge is 2.48. The van der Waals surface area contributed by atoms with Crippen LogP contribution < -0.4 is 0 Å². The molecule has 172 valence electrons. The molecule has 0 bridgehead atoms. The molecular weight excluding hydrogens is 560 g/mol. The molecule has 0 saturated carbocycles. The fourth-order valence-electron chi connectivity index (χ4n) is 3.68. The average molecular weight is 580 g/mol. The lowest BCUT2D eigenvalue weighted by atomic mass is 9.84. The van der Waals surface area contributed by atoms with Gasteiger partial charge in [0.1, 0.15) is 0 Å². The molecule has 1 heterocycles. The minimum Gasteiger partial charge on any atom is -0.265 e. The van der Waals surface area contributed by atoms with Crippen LogP contribution >= 0.6 is 22.6 Å². The van der Waals surface area contributed by atoms with Crippen LogP contribution in [0.4, 0.5) is 13.2 Å². The lowest BCUT2D eigenvalue weighted by Crippen LogP contribution is -2.34. The van der Waals surface area contributed by atoms with E-state index in [4.69, 9.17) is 0 Å². The van der Waals surface area contributed by atoms with Crippen LogP contribution in [0.5, 0.6) is 0 Å². The Morgan fingerprint density at radius 3 is 2.22 bits per heavy atom. The molecule has 1 aliphatic heterocycles. The Hall–Kier alpha value is -1.99. The van der Waals surface area contributed by atoms with Crippen LogP contribution in [0.1, 0.15) is 23.6 Å². The Kier molecular flexibility index (Phi) is 6.74. The molecule has 2 aromatic carbocycles. The van der Waals surface area contributed by atoms with Gasteiger partial charge < -0.3 is 0 Å². The summed E-state index contributed by atoms with van der Waals surface area (Å²) in [7, 11) is -3.91. The molecule has 1 fully saturated rings. The van der Waals surface area contributed by atoms with Crippen molar-refractivity contribution in [1.82, 2.24) is 4.31 Å². The van der Waals surface area contributed by atoms with E-state index in [1.807, 2.05) is 29.5 Å². The Balaban J connectivity index is 2.04. The van der Waals surface area contributed by atoms with Gasteiger partial charge in [0, 0.05) is 21.6 Å². The number of nitrogens with zero attached hydrogens (tertiary/aromatic N) is 2. The number of nitro groups is 1. The van der Waals surface area contributed by atoms with Gasteiger partial charge in [-0.05, 0) is 71.8 Å². The lowest BCUT2D eigenvalue weighted by Gasteiger charge is -2.22. The topological polar surface area (TPSA) is 80.5 Å². The third-order valence-corrected chi connectivity index (χ3v) is 8.54. The first-order valence-electron chi connectivity index (χ1n) is 9.49. The van der Waals surface area contributed by atoms with Crippen molar-refractivity contribution in [2.24, 2.45) is 5.41 Å². The first-order chi connectivity index (χ1) is 14.7. The Bertz CT molecular complexity index is 1160. The molecule has 1 atom stereocenters. The van der Waals surface area contributed by atoms with E-state index in [1.54, 1.807) is 19.1 Å². The summed E-state index contributed by atoms with van der Waals surface area (Å²) < 4.78 is 66.7. The van der Waals surface area contributed by atoms with Gasteiger partial charge in [0.15, 0.2) is 0 Å². The minimum atomic E-state index is -4.48. The minimum absolute atomic E-state index is 0.0809. The van der Waals surface area contributed by atoms with Crippen molar-refractivity contribution >= 4 is 36.2 Å². The zero-order chi connectivity index (χ0) is 23.9. The smallest absolute Gasteiger partial charge is 0.265 e. The largest absolute Gasteiger partial charge is 0.416 e. The van der Waals surface area contributed by atoms with Gasteiger partial charge in [-0.2, -0.15) is 17.5 Å². The maximum absolute atomic E-state index is 13.2. The van der Waals surface area contributed by atoms with Gasteiger partial charge >= 0.3 is 6.18 Å². The number of alkyl halides is 3. The molecule has 0 amide bonds. The molecule has 0 aliphatic carbocycles. The van der Waals surface area contributed by atoms with Crippen LogP contribution in [0.3, 0.4) is 0 Å². The highest BCUT2D eigenvalue weighted by molar-refractivity contribution is 14.1. The summed E-state index contributed by atoms with van der Waals surface area (Å²) in [5.41, 5.74) is -0.0805. The van der Waals surface area contributed by atoms with Crippen molar-refractivity contribution in [3.63, 3.8) is 0 Å². The number of hydrogen-bond acceptors (Lipinski definition) is 4. The Morgan fingerprint density at radius 2 is 1.72 bits per heavy atom. The average Bonchev–Trinajstić information content (AvgIpc) is 3.04. The Morgan fingerprint density at radius 1 is 1.16 bits per heavy atom. The van der Waals surface area contributed by atoms with Gasteiger partial charge in [-0.1, -0.05) is 29.8 Å². The van der Waals surface area contributed by atoms with E-state index in [0.717, 1.165) is 17.7 Å². The number of rotatable bonds is 5. The monoisotopic (exact) mass is 580 g/mol. The van der Waals surface area contributed by atoms with E-state index in [2.05, 4.69) is 0 Å². The second-order valence-electron chi connectivity index (χ2n) is 8.01. The molecule has 1 aliphatic rings. The second-order valence-corrected chi connectivity index (χ2v) is 11.0. The van der Waals surface area contributed by atoms with Gasteiger partial charge in [0.2, 0.25) is 16.6 Å². The predicted molar refractivity (Wildman–Crippen MR) is 122 cm³/mol. The number of sulfonamides is 1. The van der Waals surface area contributed by atoms with Crippen molar-refractivity contribution in [3.8, 4) is 0 Å². The van der Waals surface area contributed by atoms with E-state index in [1.165, 1.54) is 28.6 Å². The Labute approximate surface area is 197 Å². The molecule has 2 aromatic rings. The fourth-order valence-corrected chi connectivity index (χ4v) is 6.39. The first kappa shape index (κ1) is 24.6. The number of halogens is 4. The van der Waals surface area contributed by atoms with Gasteiger partial charge in [-0.15, -0.1) is 0 Å². The van der Waals surface area contributed by atoms with Gasteiger partial charge in [-0.3, -0.25) is 10.1 Å². The molecule has 6 nitrogen and oxygen atoms in total. The molecular formula is C21H20F3IN2O4S. The second kappa shape index (κ2) is 8.75. The molecule has 0 unspecified atom stereocenters. The van der Waals surface area contributed by atoms with Gasteiger partial charge in [-0.25, -0.2) is 8.42 Å². The van der Waals surface area contributed by atoms with E-state index in [-0.39, 0.29) is 18.0 Å². The van der Waals surface area contributed by atoms with Crippen molar-refractivity contribution in [2.75, 3.05) is 19.6 Å². The van der Waals surface area contributed by atoms with Crippen LogP contribution in [0.15, 0.2) is 59.0 Å². The maximum atomic E-state index is 13.2. The summed E-state index contributed by atoms with van der Waals surface area (Å²) in [4.78, 5) is 11.0. The first-order valence-corrected chi connectivity index (χ1v) is 12.0. The summed E-state index contributed by atoms with van der Waals surface area (Å²) in [6.45, 7) is 2.74. The molecule has 11 heteroatoms. The SMILES string of the molecule is Cc1ccc(S(=O)(=O)N2C/C(=C(\I)c3ccc(C(F)(F)F)cc3)[C@@](C)(C[N+](=O)[O-])C2)cc1. The van der Waals surface area contributed by atoms with Gasteiger partial charge in [0.25, 0.3) is 0 Å². The van der Waals surface area contributed by atoms with Crippen LogP contribution in [-0.2, 0) is 16.2 Å². The fraction of sp³-hybridized carbons (Fsp3) is 0.333. The van der Waals surface area contributed by atoms with Gasteiger partial charge in [0.05, 0.1) is 15.9 Å². The van der Waals surface area contributed by atoms with Crippen molar-refractivity contribution in [1.29, 1.82) is 0 Å². The van der Waals surface area contributed by atoms with Crippen LogP contribution in [0, 0.1) is 22.5 Å². The number of benzene rings is 2. The quantitative estimate of drug-likeness (QED) is 0.279. The van der Waals surface area contributed by atoms with Crippen LogP contribution in [0.2, 0.25) is 0 Å². The third-order valence-electron chi connectivity index (χ3n) is 5.46. The molecule has 0 spiro atoms. The highest BCUT2D eigenvalue weighted by Crippen LogP contribution is 2.44. The molecule has 3 rings (SSSR count). The number of hydrogen-bond donors (Lipinski definition) is 0. The molecule has 0 radical (unpaired) electrons. The van der Waals surface area contributed by atoms with E-state index < -0.39 is 38.6 Å². The van der Waals surface area contributed by atoms with E-state index >= 15 is 0 Å². The molecule has 1 saturated heterocycles. The maximum Gasteiger partial charge on any atom is 0.416 e. The molecule has 32 heavy (non-hydrogen) atoms. The standard InChI is InChI=1S/C21H20F3IN2O4S/c1-14-3-9-17(10-4-14)32(30,31)26-11-18(20(2,12-26)13-27(28)29)19(25)15-5-7-16(8-6-15)21(22,23)24/h3-10H,11-13H2,1-2H3/b19-18+/t20-/m1/s1. The van der Waals surface area contributed by atoms with Crippen LogP contribution in [0.25, 0.3) is 3.58 Å². The summed E-state index contributed by atoms with van der Waals surface area (Å²) in [6.07, 6.45) is -4.48. The number of aryl methyl sites for hydroxylation is 1. The molecule has 0 N–H and O–H groups in total. The summed E-state index contributed by atoms with van der Waals surface area (Å²) in [6, 6.07) is 10.8. The highest BCUT2D eigenvalue weighted by atomic mass is 127. The molecule has 0 aromatic heterocycles. The van der Waals surface area contributed by atoms with E-state index in [9.17, 15) is 31.7 Å². The summed E-state index contributed by atoms with van der Waals surface area (Å²) >= 11 is 1.93. The predicted octanol–water partition coefficient (Wildman–Crippen LogP) is 5.15. The van der Waals surface area contributed by atoms with E-state index in [0.29, 0.717) is 14.7 Å². The lowest BCUT2D eigenvalue weighted by molar-refractivity contribution is -0.493. The normalized spacial score (nSPS) is 21.6. The zero-order valence-electron chi connectivity index (χ0n) is 17.2. The summed E-state index contributed by atoms with van der Waals surface area (Å²) in [5.74, 6) is 0. The van der Waals surface area contributed by atoms with Crippen molar-refractivity contribution in [2.45, 2.75) is 24.9 Å². The zero-order valence-corrected chi connectivity index (χ0v) is 20.2. The summed E-state index contributed by atoms with van der Waals surface area (Å²) in [5, 5.41) is 11.4.